The van der Waals surface area contributed by atoms with Gasteiger partial charge in [-0.1, -0.05) is 18.2 Å². The van der Waals surface area contributed by atoms with Crippen LogP contribution in [0.15, 0.2) is 24.3 Å². The maximum atomic E-state index is 12.3. The molecule has 5 nitrogen and oxygen atoms in total. The van der Waals surface area contributed by atoms with Crippen LogP contribution in [-0.4, -0.2) is 49.3 Å². The number of hydrogen-bond acceptors (Lipinski definition) is 7. The molecule has 134 valence electrons. The Morgan fingerprint density at radius 1 is 1.32 bits per heavy atom. The molecule has 3 rings (SSSR count). The summed E-state index contributed by atoms with van der Waals surface area (Å²) >= 11 is 2.69. The molecule has 0 amide bonds. The average molecular weight is 399 g/mol. The Bertz CT molecular complexity index is 914. The van der Waals surface area contributed by atoms with Crippen LogP contribution in [0.4, 0.5) is 0 Å². The lowest BCUT2D eigenvalue weighted by molar-refractivity contribution is -0.139. The van der Waals surface area contributed by atoms with Crippen molar-refractivity contribution in [3.8, 4) is 0 Å². The van der Waals surface area contributed by atoms with E-state index >= 15 is 0 Å². The second-order valence-corrected chi connectivity index (χ2v) is 10.5. The molecule has 0 radical (unpaired) electrons. The lowest BCUT2D eigenvalue weighted by atomic mass is 10.1. The summed E-state index contributed by atoms with van der Waals surface area (Å²) < 4.78 is 28.9. The molecule has 0 saturated carbocycles. The molecule has 0 spiro atoms. The van der Waals surface area contributed by atoms with Crippen LogP contribution in [0.2, 0.25) is 0 Å². The summed E-state index contributed by atoms with van der Waals surface area (Å²) in [6.45, 7) is 1.61. The largest absolute Gasteiger partial charge is 0.457 e. The van der Waals surface area contributed by atoms with Gasteiger partial charge in [0, 0.05) is 9.95 Å². The standard InChI is InChI=1S/C17H18O5S3/c1-11-13-4-2-3-5-15(13)24-17(11)14(18)8-22-16(19)9-23-12-6-7-25(20,21)10-12/h2-5,12H,6-10H2,1H3/t12-/m0/s1. The first-order valence-electron chi connectivity index (χ1n) is 7.85. The Balaban J connectivity index is 1.51. The molecule has 0 aliphatic carbocycles. The van der Waals surface area contributed by atoms with Crippen LogP contribution >= 0.6 is 23.1 Å². The van der Waals surface area contributed by atoms with E-state index in [0.29, 0.717) is 11.3 Å². The number of sulfone groups is 1. The summed E-state index contributed by atoms with van der Waals surface area (Å²) in [5.41, 5.74) is 0.909. The van der Waals surface area contributed by atoms with Crippen molar-refractivity contribution in [1.82, 2.24) is 0 Å². The number of benzene rings is 1. The topological polar surface area (TPSA) is 77.5 Å². The van der Waals surface area contributed by atoms with Gasteiger partial charge in [0.15, 0.2) is 16.4 Å². The molecule has 1 saturated heterocycles. The first-order valence-corrected chi connectivity index (χ1v) is 11.5. The molecule has 25 heavy (non-hydrogen) atoms. The molecule has 0 N–H and O–H groups in total. The highest BCUT2D eigenvalue weighted by molar-refractivity contribution is 8.02. The highest BCUT2D eigenvalue weighted by Crippen LogP contribution is 2.31. The predicted molar refractivity (Wildman–Crippen MR) is 101 cm³/mol. The zero-order valence-corrected chi connectivity index (χ0v) is 16.1. The van der Waals surface area contributed by atoms with Gasteiger partial charge in [-0.2, -0.15) is 0 Å². The quantitative estimate of drug-likeness (QED) is 0.550. The number of aryl methyl sites for hydroxylation is 1. The van der Waals surface area contributed by atoms with E-state index in [1.165, 1.54) is 23.1 Å². The molecule has 2 heterocycles. The van der Waals surface area contributed by atoms with Gasteiger partial charge in [-0.05, 0) is 30.4 Å². The van der Waals surface area contributed by atoms with Gasteiger partial charge in [0.25, 0.3) is 0 Å². The molecule has 1 atom stereocenters. The van der Waals surface area contributed by atoms with E-state index in [0.717, 1.165) is 15.6 Å². The molecule has 1 aliphatic rings. The van der Waals surface area contributed by atoms with Crippen molar-refractivity contribution in [2.24, 2.45) is 0 Å². The maximum Gasteiger partial charge on any atom is 0.316 e. The number of ether oxygens (including phenoxy) is 1. The fourth-order valence-corrected chi connectivity index (χ4v) is 7.34. The van der Waals surface area contributed by atoms with Crippen molar-refractivity contribution in [3.63, 3.8) is 0 Å². The van der Waals surface area contributed by atoms with Gasteiger partial charge >= 0.3 is 5.97 Å². The number of thiophene rings is 1. The Morgan fingerprint density at radius 3 is 2.76 bits per heavy atom. The number of carbonyl (C=O) groups excluding carboxylic acids is 2. The second-order valence-electron chi connectivity index (χ2n) is 5.97. The number of fused-ring (bicyclic) bond motifs is 1. The predicted octanol–water partition coefficient (Wildman–Crippen LogP) is 2.86. The number of thioether (sulfide) groups is 1. The van der Waals surface area contributed by atoms with Crippen molar-refractivity contribution in [2.45, 2.75) is 18.6 Å². The number of hydrogen-bond donors (Lipinski definition) is 0. The summed E-state index contributed by atoms with van der Waals surface area (Å²) in [6.07, 6.45) is 0.570. The summed E-state index contributed by atoms with van der Waals surface area (Å²) in [5, 5.41) is 0.985. The SMILES string of the molecule is Cc1c(C(=O)COC(=O)CS[C@H]2CCS(=O)(=O)C2)sc2ccccc12. The van der Waals surface area contributed by atoms with Gasteiger partial charge in [0.2, 0.25) is 5.78 Å². The Kier molecular flexibility index (Phi) is 5.50. The van der Waals surface area contributed by atoms with Crippen LogP contribution in [0.3, 0.4) is 0 Å². The third kappa shape index (κ3) is 4.43. The van der Waals surface area contributed by atoms with Crippen LogP contribution in [-0.2, 0) is 19.4 Å². The molecular formula is C17H18O5S3. The van der Waals surface area contributed by atoms with Crippen molar-refractivity contribution in [1.29, 1.82) is 0 Å². The molecule has 1 fully saturated rings. The van der Waals surface area contributed by atoms with Gasteiger partial charge in [-0.25, -0.2) is 8.42 Å². The molecule has 2 aromatic rings. The van der Waals surface area contributed by atoms with Crippen LogP contribution < -0.4 is 0 Å². The summed E-state index contributed by atoms with van der Waals surface area (Å²) in [7, 11) is -2.95. The zero-order valence-electron chi connectivity index (χ0n) is 13.7. The minimum atomic E-state index is -2.95. The average Bonchev–Trinajstić information content (AvgIpc) is 3.10. The van der Waals surface area contributed by atoms with Gasteiger partial charge in [-0.15, -0.1) is 23.1 Å². The maximum absolute atomic E-state index is 12.3. The van der Waals surface area contributed by atoms with E-state index in [9.17, 15) is 18.0 Å². The highest BCUT2D eigenvalue weighted by Gasteiger charge is 2.28. The lowest BCUT2D eigenvalue weighted by Gasteiger charge is -2.07. The van der Waals surface area contributed by atoms with E-state index < -0.39 is 15.8 Å². The second kappa shape index (κ2) is 7.47. The molecule has 1 aromatic carbocycles. The fraction of sp³-hybridized carbons (Fsp3) is 0.412. The first kappa shape index (κ1) is 18.4. The van der Waals surface area contributed by atoms with Crippen molar-refractivity contribution in [3.05, 3.63) is 34.7 Å². The van der Waals surface area contributed by atoms with E-state index in [1.54, 1.807) is 0 Å². The van der Waals surface area contributed by atoms with Crippen LogP contribution in [0.25, 0.3) is 10.1 Å². The van der Waals surface area contributed by atoms with E-state index in [4.69, 9.17) is 4.74 Å². The van der Waals surface area contributed by atoms with Crippen molar-refractivity contribution >= 4 is 54.8 Å². The van der Waals surface area contributed by atoms with E-state index in [1.807, 2.05) is 31.2 Å². The summed E-state index contributed by atoms with van der Waals surface area (Å²) in [6, 6.07) is 7.78. The Morgan fingerprint density at radius 2 is 2.08 bits per heavy atom. The van der Waals surface area contributed by atoms with Gasteiger partial charge in [0.1, 0.15) is 0 Å². The van der Waals surface area contributed by atoms with Crippen LogP contribution in [0.1, 0.15) is 21.7 Å². The molecule has 1 aromatic heterocycles. The first-order chi connectivity index (χ1) is 11.9. The number of Topliss-reactive ketones (excluding diaryl/α,β-unsaturated/α-hetero) is 1. The van der Waals surface area contributed by atoms with Gasteiger partial charge in [0.05, 0.1) is 22.1 Å². The molecule has 8 heteroatoms. The number of carbonyl (C=O) groups is 2. The Hall–Kier alpha value is -1.38. The number of rotatable bonds is 6. The summed E-state index contributed by atoms with van der Waals surface area (Å²) in [5.74, 6) is -0.324. The zero-order chi connectivity index (χ0) is 18.0. The normalized spacial score (nSPS) is 19.2. The van der Waals surface area contributed by atoms with Crippen molar-refractivity contribution < 1.29 is 22.7 Å². The number of ketones is 1. The molecule has 0 unspecified atom stereocenters. The summed E-state index contributed by atoms with van der Waals surface area (Å²) in [4.78, 5) is 24.8. The molecular weight excluding hydrogens is 380 g/mol. The van der Waals surface area contributed by atoms with Crippen LogP contribution in [0.5, 0.6) is 0 Å². The highest BCUT2D eigenvalue weighted by atomic mass is 32.2. The number of esters is 1. The third-order valence-electron chi connectivity index (χ3n) is 4.09. The minimum Gasteiger partial charge on any atom is -0.457 e. The van der Waals surface area contributed by atoms with E-state index in [2.05, 4.69) is 0 Å². The van der Waals surface area contributed by atoms with Gasteiger partial charge < -0.3 is 4.74 Å². The fourth-order valence-electron chi connectivity index (χ4n) is 2.77. The van der Waals surface area contributed by atoms with Crippen LogP contribution in [0, 0.1) is 6.92 Å². The Labute approximate surface area is 154 Å². The molecule has 0 bridgehead atoms. The third-order valence-corrected chi connectivity index (χ3v) is 8.66. The van der Waals surface area contributed by atoms with Crippen molar-refractivity contribution in [2.75, 3.05) is 23.9 Å². The minimum absolute atomic E-state index is 0.0573. The lowest BCUT2D eigenvalue weighted by Crippen LogP contribution is -2.17. The molecule has 1 aliphatic heterocycles. The monoisotopic (exact) mass is 398 g/mol. The van der Waals surface area contributed by atoms with E-state index in [-0.39, 0.29) is 34.9 Å². The van der Waals surface area contributed by atoms with Gasteiger partial charge in [-0.3, -0.25) is 9.59 Å². The smallest absolute Gasteiger partial charge is 0.316 e.